The number of rotatable bonds is 11. The molecule has 5 heteroatoms. The van der Waals surface area contributed by atoms with Crippen molar-refractivity contribution in [3.8, 4) is 0 Å². The van der Waals surface area contributed by atoms with Crippen molar-refractivity contribution in [3.05, 3.63) is 0 Å². The van der Waals surface area contributed by atoms with Gasteiger partial charge in [0.2, 0.25) is 5.91 Å². The van der Waals surface area contributed by atoms with Crippen LogP contribution in [-0.2, 0) is 9.53 Å². The second kappa shape index (κ2) is 18.7. The molecule has 0 radical (unpaired) electrons. The van der Waals surface area contributed by atoms with Crippen LogP contribution in [0.3, 0.4) is 0 Å². The van der Waals surface area contributed by atoms with E-state index < -0.39 is 0 Å². The van der Waals surface area contributed by atoms with E-state index in [0.29, 0.717) is 26.2 Å². The Kier molecular flexibility index (Phi) is 20.5. The Morgan fingerprint density at radius 2 is 1.83 bits per heavy atom. The van der Waals surface area contributed by atoms with Crippen LogP contribution in [0.4, 0.5) is 0 Å². The number of unbranched alkanes of at least 4 members (excludes halogenated alkanes) is 4. The van der Waals surface area contributed by atoms with Gasteiger partial charge in [0, 0.05) is 13.0 Å². The number of amides is 1. The van der Waals surface area contributed by atoms with Crippen LogP contribution >= 0.6 is 0 Å². The van der Waals surface area contributed by atoms with Crippen LogP contribution < -0.4 is 11.1 Å². The van der Waals surface area contributed by atoms with Crippen LogP contribution in [0, 0.1) is 0 Å². The molecule has 0 saturated carbocycles. The summed E-state index contributed by atoms with van der Waals surface area (Å²) in [5.74, 6) is 0.101. The number of carbonyl (C=O) groups excluding carboxylic acids is 1. The summed E-state index contributed by atoms with van der Waals surface area (Å²) in [5, 5.41) is 11.2. The molecule has 0 aromatic carbocycles. The molecule has 0 heterocycles. The summed E-state index contributed by atoms with van der Waals surface area (Å²) in [6.07, 6.45) is 6.45. The SMILES string of the molecule is CCCCCCCC(=O)NCCOCCO.CN. The second-order valence-corrected chi connectivity index (χ2v) is 3.85. The number of hydrogen-bond donors (Lipinski definition) is 3. The van der Waals surface area contributed by atoms with Gasteiger partial charge in [0.1, 0.15) is 0 Å². The number of aliphatic hydroxyl groups excluding tert-OH is 1. The van der Waals surface area contributed by atoms with E-state index in [1.807, 2.05) is 0 Å². The third-order valence-electron chi connectivity index (χ3n) is 2.31. The Morgan fingerprint density at radius 3 is 2.44 bits per heavy atom. The smallest absolute Gasteiger partial charge is 0.220 e. The lowest BCUT2D eigenvalue weighted by Crippen LogP contribution is -2.27. The fourth-order valence-electron chi connectivity index (χ4n) is 1.41. The van der Waals surface area contributed by atoms with Crippen LogP contribution in [0.5, 0.6) is 0 Å². The van der Waals surface area contributed by atoms with Gasteiger partial charge >= 0.3 is 0 Å². The average Bonchev–Trinajstić information content (AvgIpc) is 2.40. The molecule has 0 aromatic heterocycles. The zero-order chi connectivity index (χ0) is 14.1. The third-order valence-corrected chi connectivity index (χ3v) is 2.31. The normalized spacial score (nSPS) is 9.56. The van der Waals surface area contributed by atoms with Crippen molar-refractivity contribution in [2.75, 3.05) is 33.4 Å². The van der Waals surface area contributed by atoms with Crippen LogP contribution in [0.1, 0.15) is 45.4 Å². The number of nitrogens with two attached hydrogens (primary N) is 1. The van der Waals surface area contributed by atoms with Gasteiger partial charge in [0.05, 0.1) is 19.8 Å². The first-order valence-corrected chi connectivity index (χ1v) is 6.84. The van der Waals surface area contributed by atoms with E-state index in [0.717, 1.165) is 12.8 Å². The summed E-state index contributed by atoms with van der Waals surface area (Å²) in [6.45, 7) is 3.56. The molecular weight excluding hydrogens is 232 g/mol. The standard InChI is InChI=1S/C12H25NO3.CH5N/c1-2-3-4-5-6-7-12(15)13-8-10-16-11-9-14;1-2/h14H,2-11H2,1H3,(H,13,15);2H2,1H3. The lowest BCUT2D eigenvalue weighted by molar-refractivity contribution is -0.121. The molecule has 0 unspecified atom stereocenters. The Hall–Kier alpha value is -0.650. The molecule has 5 nitrogen and oxygen atoms in total. The number of carbonyl (C=O) groups is 1. The zero-order valence-electron chi connectivity index (χ0n) is 11.9. The van der Waals surface area contributed by atoms with Gasteiger partial charge in [0.15, 0.2) is 0 Å². The Bertz CT molecular complexity index is 150. The van der Waals surface area contributed by atoms with E-state index in [4.69, 9.17) is 9.84 Å². The molecule has 0 aliphatic carbocycles. The molecule has 0 aliphatic heterocycles. The van der Waals surface area contributed by atoms with Crippen molar-refractivity contribution >= 4 is 5.91 Å². The molecule has 0 aliphatic rings. The number of ether oxygens (including phenoxy) is 1. The minimum absolute atomic E-state index is 0.0331. The van der Waals surface area contributed by atoms with E-state index >= 15 is 0 Å². The maximum absolute atomic E-state index is 11.3. The van der Waals surface area contributed by atoms with Crippen molar-refractivity contribution in [1.29, 1.82) is 0 Å². The third kappa shape index (κ3) is 17.7. The van der Waals surface area contributed by atoms with E-state index in [-0.39, 0.29) is 12.5 Å². The predicted octanol–water partition coefficient (Wildman–Crippen LogP) is 1.05. The summed E-state index contributed by atoms with van der Waals surface area (Å²) in [6, 6.07) is 0. The maximum Gasteiger partial charge on any atom is 0.220 e. The molecular formula is C13H30N2O3. The van der Waals surface area contributed by atoms with Gasteiger partial charge in [-0.05, 0) is 13.5 Å². The van der Waals surface area contributed by atoms with Gasteiger partial charge < -0.3 is 20.9 Å². The molecule has 0 bridgehead atoms. The average molecular weight is 262 g/mol. The summed E-state index contributed by atoms with van der Waals surface area (Å²) in [7, 11) is 1.50. The highest BCUT2D eigenvalue weighted by Gasteiger charge is 1.99. The van der Waals surface area contributed by atoms with Gasteiger partial charge in [-0.25, -0.2) is 0 Å². The largest absolute Gasteiger partial charge is 0.394 e. The molecule has 0 atom stereocenters. The number of hydrogen-bond acceptors (Lipinski definition) is 4. The fourth-order valence-corrected chi connectivity index (χ4v) is 1.41. The molecule has 0 fully saturated rings. The molecule has 1 amide bonds. The quantitative estimate of drug-likeness (QED) is 0.486. The molecule has 18 heavy (non-hydrogen) atoms. The number of aliphatic hydroxyl groups is 1. The van der Waals surface area contributed by atoms with E-state index in [2.05, 4.69) is 18.0 Å². The highest BCUT2D eigenvalue weighted by Crippen LogP contribution is 2.04. The minimum atomic E-state index is 0.0331. The topological polar surface area (TPSA) is 84.6 Å². The van der Waals surface area contributed by atoms with Crippen molar-refractivity contribution < 1.29 is 14.6 Å². The summed E-state index contributed by atoms with van der Waals surface area (Å²) in [5.41, 5.74) is 4.50. The second-order valence-electron chi connectivity index (χ2n) is 3.85. The first-order chi connectivity index (χ1) is 8.81. The van der Waals surface area contributed by atoms with Crippen molar-refractivity contribution in [2.24, 2.45) is 5.73 Å². The lowest BCUT2D eigenvalue weighted by Gasteiger charge is -2.05. The van der Waals surface area contributed by atoms with Crippen molar-refractivity contribution in [1.82, 2.24) is 5.32 Å². The van der Waals surface area contributed by atoms with Crippen LogP contribution in [0.15, 0.2) is 0 Å². The summed E-state index contributed by atoms with van der Waals surface area (Å²) < 4.78 is 5.03. The van der Waals surface area contributed by atoms with E-state index in [9.17, 15) is 4.79 Å². The molecule has 0 rings (SSSR count). The van der Waals surface area contributed by atoms with Gasteiger partial charge in [-0.2, -0.15) is 0 Å². The molecule has 110 valence electrons. The fraction of sp³-hybridized carbons (Fsp3) is 0.923. The predicted molar refractivity (Wildman–Crippen MR) is 74.4 cm³/mol. The minimum Gasteiger partial charge on any atom is -0.394 e. The van der Waals surface area contributed by atoms with E-state index in [1.54, 1.807) is 0 Å². The Morgan fingerprint density at radius 1 is 1.17 bits per heavy atom. The van der Waals surface area contributed by atoms with Crippen molar-refractivity contribution in [3.63, 3.8) is 0 Å². The zero-order valence-corrected chi connectivity index (χ0v) is 11.9. The molecule has 4 N–H and O–H groups in total. The first-order valence-electron chi connectivity index (χ1n) is 6.84. The Balaban J connectivity index is 0. The summed E-state index contributed by atoms with van der Waals surface area (Å²) >= 11 is 0. The Labute approximate surface area is 111 Å². The first kappa shape index (κ1) is 19.7. The molecule has 0 spiro atoms. The number of nitrogens with one attached hydrogen (secondary N) is 1. The monoisotopic (exact) mass is 262 g/mol. The highest BCUT2D eigenvalue weighted by molar-refractivity contribution is 5.75. The highest BCUT2D eigenvalue weighted by atomic mass is 16.5. The van der Waals surface area contributed by atoms with E-state index in [1.165, 1.54) is 26.3 Å². The van der Waals surface area contributed by atoms with Crippen molar-refractivity contribution in [2.45, 2.75) is 45.4 Å². The van der Waals surface area contributed by atoms with Crippen LogP contribution in [0.25, 0.3) is 0 Å². The lowest BCUT2D eigenvalue weighted by atomic mass is 10.1. The van der Waals surface area contributed by atoms with Crippen LogP contribution in [-0.4, -0.2) is 44.4 Å². The summed E-state index contributed by atoms with van der Waals surface area (Å²) in [4.78, 5) is 11.3. The van der Waals surface area contributed by atoms with Gasteiger partial charge in [-0.1, -0.05) is 32.6 Å². The van der Waals surface area contributed by atoms with Gasteiger partial charge in [0.25, 0.3) is 0 Å². The van der Waals surface area contributed by atoms with Gasteiger partial charge in [-0.15, -0.1) is 0 Å². The molecule has 0 saturated heterocycles. The maximum atomic E-state index is 11.3. The van der Waals surface area contributed by atoms with Gasteiger partial charge in [-0.3, -0.25) is 4.79 Å². The van der Waals surface area contributed by atoms with Crippen LogP contribution in [0.2, 0.25) is 0 Å². The molecule has 0 aromatic rings.